The number of fused-ring (bicyclic) bond motifs is 10. The lowest BCUT2D eigenvalue weighted by Gasteiger charge is -2.30. The predicted octanol–water partition coefficient (Wildman–Crippen LogP) is 13.8. The molecule has 1 heterocycles. The Kier molecular flexibility index (Phi) is 7.15. The first-order valence-corrected chi connectivity index (χ1v) is 19.0. The van der Waals surface area contributed by atoms with E-state index in [4.69, 9.17) is 4.98 Å². The number of pyridine rings is 1. The van der Waals surface area contributed by atoms with Crippen LogP contribution in [0, 0.1) is 0 Å². The smallest absolute Gasteiger partial charge is 0.0725 e. The van der Waals surface area contributed by atoms with Gasteiger partial charge in [-0.25, -0.2) is 4.98 Å². The lowest BCUT2D eigenvalue weighted by Crippen LogP contribution is -2.25. The van der Waals surface area contributed by atoms with Crippen LogP contribution >= 0.6 is 0 Å². The van der Waals surface area contributed by atoms with Crippen LogP contribution < -0.4 is 0 Å². The fourth-order valence-corrected chi connectivity index (χ4v) is 9.34. The van der Waals surface area contributed by atoms with Crippen molar-refractivity contribution in [2.75, 3.05) is 0 Å². The summed E-state index contributed by atoms with van der Waals surface area (Å²) in [5.41, 5.74) is 21.3. The molecule has 0 unspecified atom stereocenters. The second-order valence-electron chi connectivity index (χ2n) is 14.6. The molecule has 256 valence electrons. The lowest BCUT2D eigenvalue weighted by molar-refractivity contribution is 0.794. The Labute approximate surface area is 321 Å². The van der Waals surface area contributed by atoms with E-state index < -0.39 is 5.41 Å². The van der Waals surface area contributed by atoms with Crippen molar-refractivity contribution in [2.45, 2.75) is 5.41 Å². The number of hydrogen-bond acceptors (Lipinski definition) is 1. The van der Waals surface area contributed by atoms with Crippen molar-refractivity contribution in [1.82, 2.24) is 4.98 Å². The SMILES string of the molecule is c1ccc(-c2cccc(-c3cccc(-c4cc(-c5ccccc5)cc(-c5cccc6c5-c5ccccc5C65c6ccccc6-c6ccccc65)n4)c3)c2)cc1. The van der Waals surface area contributed by atoms with Crippen molar-refractivity contribution >= 4 is 0 Å². The van der Waals surface area contributed by atoms with Crippen molar-refractivity contribution < 1.29 is 0 Å². The third-order valence-corrected chi connectivity index (χ3v) is 11.7. The van der Waals surface area contributed by atoms with Gasteiger partial charge < -0.3 is 0 Å². The van der Waals surface area contributed by atoms with E-state index in [1.54, 1.807) is 0 Å². The minimum Gasteiger partial charge on any atom is -0.248 e. The molecule has 11 rings (SSSR count). The highest BCUT2D eigenvalue weighted by Gasteiger charge is 2.52. The molecule has 0 fully saturated rings. The van der Waals surface area contributed by atoms with Crippen molar-refractivity contribution in [3.05, 3.63) is 235 Å². The molecule has 0 bridgehead atoms. The second kappa shape index (κ2) is 12.5. The van der Waals surface area contributed by atoms with Gasteiger partial charge in [-0.05, 0) is 102 Å². The van der Waals surface area contributed by atoms with Crippen LogP contribution in [0.5, 0.6) is 0 Å². The molecule has 2 aliphatic rings. The Bertz CT molecular complexity index is 2880. The van der Waals surface area contributed by atoms with Gasteiger partial charge in [0.1, 0.15) is 0 Å². The molecule has 1 aromatic heterocycles. The first-order valence-electron chi connectivity index (χ1n) is 19.0. The average Bonchev–Trinajstić information content (AvgIpc) is 3.75. The number of aromatic nitrogens is 1. The average molecular weight is 698 g/mol. The molecule has 0 N–H and O–H groups in total. The fourth-order valence-electron chi connectivity index (χ4n) is 9.34. The molecular weight excluding hydrogens is 663 g/mol. The third kappa shape index (κ3) is 4.83. The largest absolute Gasteiger partial charge is 0.248 e. The summed E-state index contributed by atoms with van der Waals surface area (Å²) in [5.74, 6) is 0. The van der Waals surface area contributed by atoms with Gasteiger partial charge in [0.2, 0.25) is 0 Å². The first-order chi connectivity index (χ1) is 27.3. The quantitative estimate of drug-likeness (QED) is 0.174. The van der Waals surface area contributed by atoms with E-state index in [-0.39, 0.29) is 0 Å². The van der Waals surface area contributed by atoms with Gasteiger partial charge in [0.15, 0.2) is 0 Å². The van der Waals surface area contributed by atoms with Crippen LogP contribution in [0.2, 0.25) is 0 Å². The molecule has 1 spiro atoms. The van der Waals surface area contributed by atoms with Crippen LogP contribution in [0.3, 0.4) is 0 Å². The molecule has 55 heavy (non-hydrogen) atoms. The summed E-state index contributed by atoms with van der Waals surface area (Å²) in [7, 11) is 0. The Balaban J connectivity index is 1.12. The maximum atomic E-state index is 5.55. The van der Waals surface area contributed by atoms with E-state index in [0.29, 0.717) is 0 Å². The molecule has 9 aromatic rings. The Morgan fingerprint density at radius 2 is 0.655 bits per heavy atom. The van der Waals surface area contributed by atoms with Crippen LogP contribution in [-0.4, -0.2) is 4.98 Å². The highest BCUT2D eigenvalue weighted by atomic mass is 14.7. The van der Waals surface area contributed by atoms with Crippen molar-refractivity contribution in [2.24, 2.45) is 0 Å². The zero-order valence-electron chi connectivity index (χ0n) is 30.2. The van der Waals surface area contributed by atoms with Gasteiger partial charge in [0.05, 0.1) is 16.8 Å². The third-order valence-electron chi connectivity index (χ3n) is 11.7. The van der Waals surface area contributed by atoms with E-state index >= 15 is 0 Å². The zero-order valence-corrected chi connectivity index (χ0v) is 30.2. The molecule has 1 nitrogen and oxygen atoms in total. The zero-order chi connectivity index (χ0) is 36.3. The molecule has 2 aliphatic carbocycles. The summed E-state index contributed by atoms with van der Waals surface area (Å²) >= 11 is 0. The van der Waals surface area contributed by atoms with Gasteiger partial charge in [0.25, 0.3) is 0 Å². The standard InChI is InChI=1S/C54H35N/c1-3-16-36(17-4-1)38-20-13-21-39(32-38)40-22-14-23-41(33-40)51-34-42(37-18-5-2-6-19-37)35-52(55-51)46-27-15-31-50-53(46)45-26-9-12-30-49(45)54(50)47-28-10-7-24-43(47)44-25-8-11-29-48(44)54/h1-35H. The van der Waals surface area contributed by atoms with Gasteiger partial charge in [-0.3, -0.25) is 0 Å². The summed E-state index contributed by atoms with van der Waals surface area (Å²) in [4.78, 5) is 5.55. The van der Waals surface area contributed by atoms with Gasteiger partial charge in [0, 0.05) is 11.1 Å². The topological polar surface area (TPSA) is 12.9 Å². The Hall–Kier alpha value is -7.09. The number of nitrogens with zero attached hydrogens (tertiary/aromatic N) is 1. The van der Waals surface area contributed by atoms with Crippen LogP contribution in [0.1, 0.15) is 22.3 Å². The van der Waals surface area contributed by atoms with Gasteiger partial charge in [-0.15, -0.1) is 0 Å². The molecular formula is C54H35N. The highest BCUT2D eigenvalue weighted by Crippen LogP contribution is 2.63. The van der Waals surface area contributed by atoms with E-state index in [1.165, 1.54) is 72.3 Å². The number of benzene rings is 8. The fraction of sp³-hybridized carbons (Fsp3) is 0.0185. The maximum absolute atomic E-state index is 5.55. The summed E-state index contributed by atoms with van der Waals surface area (Å²) in [6, 6.07) is 77.4. The molecule has 1 heteroatoms. The minimum absolute atomic E-state index is 0.405. The van der Waals surface area contributed by atoms with E-state index in [2.05, 4.69) is 212 Å². The molecule has 0 radical (unpaired) electrons. The first kappa shape index (κ1) is 31.4. The minimum atomic E-state index is -0.405. The molecule has 0 atom stereocenters. The van der Waals surface area contributed by atoms with Gasteiger partial charge in [-0.1, -0.05) is 188 Å². The van der Waals surface area contributed by atoms with Crippen LogP contribution in [-0.2, 0) is 5.41 Å². The van der Waals surface area contributed by atoms with Gasteiger partial charge in [-0.2, -0.15) is 0 Å². The van der Waals surface area contributed by atoms with Crippen molar-refractivity contribution in [3.8, 4) is 78.1 Å². The van der Waals surface area contributed by atoms with Crippen LogP contribution in [0.4, 0.5) is 0 Å². The molecule has 0 saturated heterocycles. The number of hydrogen-bond donors (Lipinski definition) is 0. The summed E-state index contributed by atoms with van der Waals surface area (Å²) in [6.45, 7) is 0. The highest BCUT2D eigenvalue weighted by molar-refractivity contribution is 6.00. The summed E-state index contributed by atoms with van der Waals surface area (Å²) in [5, 5.41) is 0. The van der Waals surface area contributed by atoms with E-state index in [1.807, 2.05) is 0 Å². The molecule has 0 saturated carbocycles. The predicted molar refractivity (Wildman–Crippen MR) is 228 cm³/mol. The van der Waals surface area contributed by atoms with Crippen LogP contribution in [0.15, 0.2) is 212 Å². The van der Waals surface area contributed by atoms with Gasteiger partial charge >= 0.3 is 0 Å². The van der Waals surface area contributed by atoms with E-state index in [0.717, 1.165) is 28.1 Å². The molecule has 8 aromatic carbocycles. The molecule has 0 aliphatic heterocycles. The molecule has 0 amide bonds. The maximum Gasteiger partial charge on any atom is 0.0725 e. The Morgan fingerprint density at radius 1 is 0.255 bits per heavy atom. The lowest BCUT2D eigenvalue weighted by atomic mass is 9.70. The normalized spacial score (nSPS) is 12.9. The van der Waals surface area contributed by atoms with Crippen LogP contribution in [0.25, 0.3) is 78.1 Å². The summed E-state index contributed by atoms with van der Waals surface area (Å²) < 4.78 is 0. The van der Waals surface area contributed by atoms with Crippen molar-refractivity contribution in [3.63, 3.8) is 0 Å². The second-order valence-corrected chi connectivity index (χ2v) is 14.6. The number of rotatable bonds is 5. The van der Waals surface area contributed by atoms with Crippen molar-refractivity contribution in [1.29, 1.82) is 0 Å². The summed E-state index contributed by atoms with van der Waals surface area (Å²) in [6.07, 6.45) is 0. The monoisotopic (exact) mass is 697 g/mol. The Morgan fingerprint density at radius 3 is 1.29 bits per heavy atom. The van der Waals surface area contributed by atoms with E-state index in [9.17, 15) is 0 Å².